The number of nitrogens with zero attached hydrogens (tertiary/aromatic N) is 2. The lowest BCUT2D eigenvalue weighted by Crippen LogP contribution is -2.48. The Kier molecular flexibility index (Phi) is 5.72. The molecule has 0 spiro atoms. The molecule has 3 N–H and O–H groups in total. The van der Waals surface area contributed by atoms with Crippen LogP contribution in [0.1, 0.15) is 26.0 Å². The Labute approximate surface area is 111 Å². The molecule has 1 aromatic rings. The van der Waals surface area contributed by atoms with Gasteiger partial charge in [-0.25, -0.2) is 19.6 Å². The lowest BCUT2D eigenvalue weighted by molar-refractivity contribution is -0.140. The zero-order chi connectivity index (χ0) is 14.3. The van der Waals surface area contributed by atoms with Crippen LogP contribution in [0.3, 0.4) is 0 Å². The van der Waals surface area contributed by atoms with Crippen LogP contribution in [-0.2, 0) is 11.3 Å². The van der Waals surface area contributed by atoms with Gasteiger partial charge in [0.05, 0.1) is 12.2 Å². The maximum atomic E-state index is 11.6. The first-order valence-electron chi connectivity index (χ1n) is 6.06. The fourth-order valence-electron chi connectivity index (χ4n) is 1.47. The number of amides is 2. The summed E-state index contributed by atoms with van der Waals surface area (Å²) in [5.41, 5.74) is 0.653. The van der Waals surface area contributed by atoms with Crippen LogP contribution in [0.4, 0.5) is 4.79 Å². The highest BCUT2D eigenvalue weighted by Gasteiger charge is 2.25. The Morgan fingerprint density at radius 3 is 2.74 bits per heavy atom. The lowest BCUT2D eigenvalue weighted by atomic mass is 9.99. The maximum Gasteiger partial charge on any atom is 0.326 e. The summed E-state index contributed by atoms with van der Waals surface area (Å²) in [5.74, 6) is -1.17. The van der Waals surface area contributed by atoms with Crippen molar-refractivity contribution in [2.24, 2.45) is 5.92 Å². The van der Waals surface area contributed by atoms with E-state index < -0.39 is 18.0 Å². The smallest absolute Gasteiger partial charge is 0.326 e. The summed E-state index contributed by atoms with van der Waals surface area (Å²) in [6.45, 7) is 3.88. The van der Waals surface area contributed by atoms with Crippen molar-refractivity contribution in [3.8, 4) is 0 Å². The monoisotopic (exact) mass is 266 g/mol. The molecule has 0 saturated heterocycles. The highest BCUT2D eigenvalue weighted by Crippen LogP contribution is 2.07. The highest BCUT2D eigenvalue weighted by molar-refractivity contribution is 5.82. The average molecular weight is 266 g/mol. The summed E-state index contributed by atoms with van der Waals surface area (Å²) in [7, 11) is 0. The first-order valence-corrected chi connectivity index (χ1v) is 6.06. The number of carbonyl (C=O) groups is 2. The molecule has 7 nitrogen and oxygen atoms in total. The summed E-state index contributed by atoms with van der Waals surface area (Å²) < 4.78 is 0. The van der Waals surface area contributed by atoms with Crippen molar-refractivity contribution < 1.29 is 14.7 Å². The number of carboxylic acid groups (broad SMARTS) is 1. The van der Waals surface area contributed by atoms with Gasteiger partial charge in [-0.3, -0.25) is 0 Å². The van der Waals surface area contributed by atoms with Crippen LogP contribution >= 0.6 is 0 Å². The third-order valence-corrected chi connectivity index (χ3v) is 2.84. The predicted molar refractivity (Wildman–Crippen MR) is 68.3 cm³/mol. The number of urea groups is 1. The highest BCUT2D eigenvalue weighted by atomic mass is 16.4. The second-order valence-corrected chi connectivity index (χ2v) is 4.23. The van der Waals surface area contributed by atoms with E-state index in [-0.39, 0.29) is 12.5 Å². The molecule has 0 aliphatic heterocycles. The van der Waals surface area contributed by atoms with E-state index in [1.54, 1.807) is 19.2 Å². The van der Waals surface area contributed by atoms with Crippen LogP contribution in [0.2, 0.25) is 0 Å². The van der Waals surface area contributed by atoms with E-state index in [2.05, 4.69) is 20.6 Å². The van der Waals surface area contributed by atoms with E-state index >= 15 is 0 Å². The number of aliphatic carboxylic acids is 1. The van der Waals surface area contributed by atoms with Crippen LogP contribution in [-0.4, -0.2) is 33.1 Å². The van der Waals surface area contributed by atoms with Crippen molar-refractivity contribution in [1.29, 1.82) is 0 Å². The van der Waals surface area contributed by atoms with Gasteiger partial charge < -0.3 is 15.7 Å². The second-order valence-electron chi connectivity index (χ2n) is 4.23. The van der Waals surface area contributed by atoms with Crippen LogP contribution in [0, 0.1) is 5.92 Å². The van der Waals surface area contributed by atoms with E-state index in [1.165, 1.54) is 6.33 Å². The summed E-state index contributed by atoms with van der Waals surface area (Å²) in [6, 6.07) is 0.255. The molecule has 0 bridgehead atoms. The standard InChI is InChI=1S/C12H18N4O3/c1-3-8(2)10(11(17)18)16-12(19)14-6-9-4-5-13-7-15-9/h4-5,7-8,10H,3,6H2,1-2H3,(H,17,18)(H2,14,16,19). The topological polar surface area (TPSA) is 104 Å². The minimum absolute atomic E-state index is 0.137. The van der Waals surface area contributed by atoms with E-state index in [0.29, 0.717) is 12.1 Å². The van der Waals surface area contributed by atoms with Crippen LogP contribution in [0.5, 0.6) is 0 Å². The second kappa shape index (κ2) is 7.30. The maximum absolute atomic E-state index is 11.6. The van der Waals surface area contributed by atoms with Gasteiger partial charge >= 0.3 is 12.0 Å². The molecule has 0 aliphatic carbocycles. The van der Waals surface area contributed by atoms with Crippen LogP contribution in [0.25, 0.3) is 0 Å². The molecule has 2 atom stereocenters. The minimum Gasteiger partial charge on any atom is -0.480 e. The van der Waals surface area contributed by atoms with Gasteiger partial charge in [-0.15, -0.1) is 0 Å². The van der Waals surface area contributed by atoms with Gasteiger partial charge in [0.15, 0.2) is 0 Å². The molecule has 0 fully saturated rings. The van der Waals surface area contributed by atoms with Crippen molar-refractivity contribution in [2.45, 2.75) is 32.9 Å². The first kappa shape index (κ1) is 14.9. The molecule has 0 aromatic carbocycles. The van der Waals surface area contributed by atoms with Gasteiger partial charge in [0.25, 0.3) is 0 Å². The minimum atomic E-state index is -1.04. The fourth-order valence-corrected chi connectivity index (χ4v) is 1.47. The molecular formula is C12H18N4O3. The van der Waals surface area contributed by atoms with E-state index in [1.807, 2.05) is 6.92 Å². The van der Waals surface area contributed by atoms with Gasteiger partial charge in [0, 0.05) is 6.20 Å². The Hall–Kier alpha value is -2.18. The molecule has 0 radical (unpaired) electrons. The Bertz CT molecular complexity index is 424. The van der Waals surface area contributed by atoms with Gasteiger partial charge in [-0.2, -0.15) is 0 Å². The molecule has 19 heavy (non-hydrogen) atoms. The van der Waals surface area contributed by atoms with Crippen molar-refractivity contribution in [1.82, 2.24) is 20.6 Å². The van der Waals surface area contributed by atoms with Crippen molar-refractivity contribution in [2.75, 3.05) is 0 Å². The average Bonchev–Trinajstić information content (AvgIpc) is 2.42. The summed E-state index contributed by atoms with van der Waals surface area (Å²) in [5, 5.41) is 14.0. The number of nitrogens with one attached hydrogen (secondary N) is 2. The molecule has 2 amide bonds. The number of carbonyl (C=O) groups excluding carboxylic acids is 1. The van der Waals surface area contributed by atoms with Crippen molar-refractivity contribution in [3.63, 3.8) is 0 Å². The van der Waals surface area contributed by atoms with Crippen LogP contribution < -0.4 is 10.6 Å². The third-order valence-electron chi connectivity index (χ3n) is 2.84. The summed E-state index contributed by atoms with van der Waals surface area (Å²) >= 11 is 0. The van der Waals surface area contributed by atoms with E-state index in [4.69, 9.17) is 5.11 Å². The molecule has 7 heteroatoms. The summed E-state index contributed by atoms with van der Waals surface area (Å²) in [4.78, 5) is 30.4. The zero-order valence-corrected chi connectivity index (χ0v) is 11.0. The first-order chi connectivity index (χ1) is 9.04. The number of carboxylic acids is 1. The largest absolute Gasteiger partial charge is 0.480 e. The number of hydrogen-bond donors (Lipinski definition) is 3. The van der Waals surface area contributed by atoms with Gasteiger partial charge in [0.2, 0.25) is 0 Å². The van der Waals surface area contributed by atoms with Crippen LogP contribution in [0.15, 0.2) is 18.6 Å². The molecule has 0 aliphatic rings. The number of aromatic nitrogens is 2. The van der Waals surface area contributed by atoms with E-state index in [9.17, 15) is 9.59 Å². The normalized spacial score (nSPS) is 13.4. The third kappa shape index (κ3) is 4.90. The Morgan fingerprint density at radius 2 is 2.21 bits per heavy atom. The summed E-state index contributed by atoms with van der Waals surface area (Å²) in [6.07, 6.45) is 3.62. The van der Waals surface area contributed by atoms with Gasteiger partial charge in [-0.1, -0.05) is 20.3 Å². The van der Waals surface area contributed by atoms with Crippen molar-refractivity contribution >= 4 is 12.0 Å². The van der Waals surface area contributed by atoms with Gasteiger partial charge in [0.1, 0.15) is 12.4 Å². The fraction of sp³-hybridized carbons (Fsp3) is 0.500. The molecule has 2 unspecified atom stereocenters. The zero-order valence-electron chi connectivity index (χ0n) is 11.0. The number of rotatable bonds is 6. The molecular weight excluding hydrogens is 248 g/mol. The van der Waals surface area contributed by atoms with Gasteiger partial charge in [-0.05, 0) is 12.0 Å². The lowest BCUT2D eigenvalue weighted by Gasteiger charge is -2.20. The molecule has 0 saturated carbocycles. The molecule has 1 rings (SSSR count). The Morgan fingerprint density at radius 1 is 1.47 bits per heavy atom. The number of hydrogen-bond acceptors (Lipinski definition) is 4. The molecule has 104 valence electrons. The molecule has 1 aromatic heterocycles. The quantitative estimate of drug-likeness (QED) is 0.705. The SMILES string of the molecule is CCC(C)C(NC(=O)NCc1ccncn1)C(=O)O. The molecule has 1 heterocycles. The predicted octanol–water partition coefficient (Wildman–Crippen LogP) is 0.775. The van der Waals surface area contributed by atoms with Crippen molar-refractivity contribution in [3.05, 3.63) is 24.3 Å². The Balaban J connectivity index is 2.47. The van der Waals surface area contributed by atoms with E-state index in [0.717, 1.165) is 0 Å².